The fourth-order valence-electron chi connectivity index (χ4n) is 3.09. The van der Waals surface area contributed by atoms with Gasteiger partial charge in [0.25, 0.3) is 10.2 Å². The zero-order chi connectivity index (χ0) is 13.0. The second kappa shape index (κ2) is 6.35. The Morgan fingerprint density at radius 2 is 1.39 bits per heavy atom. The molecule has 5 heteroatoms. The summed E-state index contributed by atoms with van der Waals surface area (Å²) in [6, 6.07) is 0.229. The van der Waals surface area contributed by atoms with E-state index in [2.05, 4.69) is 0 Å². The Hall–Kier alpha value is -0.130. The van der Waals surface area contributed by atoms with E-state index in [0.717, 1.165) is 25.7 Å². The molecule has 1 saturated heterocycles. The molecule has 0 aromatic rings. The third kappa shape index (κ3) is 3.25. The van der Waals surface area contributed by atoms with Gasteiger partial charge in [-0.05, 0) is 25.7 Å². The van der Waals surface area contributed by atoms with E-state index in [-0.39, 0.29) is 6.04 Å². The minimum atomic E-state index is -3.22. The Bertz CT molecular complexity index is 342. The maximum atomic E-state index is 12.6. The van der Waals surface area contributed by atoms with Crippen molar-refractivity contribution in [3.8, 4) is 0 Å². The first-order valence-corrected chi connectivity index (χ1v) is 8.75. The van der Waals surface area contributed by atoms with Crippen LogP contribution in [0.4, 0.5) is 0 Å². The van der Waals surface area contributed by atoms with Crippen molar-refractivity contribution in [3.63, 3.8) is 0 Å². The third-order valence-corrected chi connectivity index (χ3v) is 6.39. The molecule has 0 atom stereocenters. The standard InChI is InChI=1S/C13H26N2O2S/c1-14(13-9-5-4-6-10-13)18(16,17)15-11-7-2-3-8-12-15/h13H,2-12H2,1H3. The Morgan fingerprint density at radius 1 is 0.889 bits per heavy atom. The van der Waals surface area contributed by atoms with Gasteiger partial charge in [0.05, 0.1) is 0 Å². The monoisotopic (exact) mass is 274 g/mol. The van der Waals surface area contributed by atoms with E-state index in [1.165, 1.54) is 32.1 Å². The zero-order valence-electron chi connectivity index (χ0n) is 11.5. The molecule has 1 heterocycles. The van der Waals surface area contributed by atoms with Gasteiger partial charge in [0.15, 0.2) is 0 Å². The van der Waals surface area contributed by atoms with Crippen molar-refractivity contribution in [3.05, 3.63) is 0 Å². The maximum Gasteiger partial charge on any atom is 0.281 e. The van der Waals surface area contributed by atoms with E-state index in [1.54, 1.807) is 15.7 Å². The summed E-state index contributed by atoms with van der Waals surface area (Å²) in [6.07, 6.45) is 10.0. The molecule has 0 unspecified atom stereocenters. The normalized spacial score (nSPS) is 25.2. The molecule has 0 aromatic carbocycles. The second-order valence-electron chi connectivity index (χ2n) is 5.63. The fourth-order valence-corrected chi connectivity index (χ4v) is 4.76. The first-order valence-electron chi connectivity index (χ1n) is 7.35. The molecule has 1 aliphatic heterocycles. The Kier molecular flexibility index (Phi) is 5.04. The number of rotatable bonds is 3. The molecular formula is C13H26N2O2S. The molecule has 2 aliphatic rings. The van der Waals surface area contributed by atoms with Crippen molar-refractivity contribution in [2.24, 2.45) is 0 Å². The van der Waals surface area contributed by atoms with Crippen molar-refractivity contribution in [1.29, 1.82) is 0 Å². The van der Waals surface area contributed by atoms with E-state index in [4.69, 9.17) is 0 Å². The number of nitrogens with zero attached hydrogens (tertiary/aromatic N) is 2. The van der Waals surface area contributed by atoms with Crippen LogP contribution >= 0.6 is 0 Å². The quantitative estimate of drug-likeness (QED) is 0.793. The Morgan fingerprint density at radius 3 is 1.94 bits per heavy atom. The van der Waals surface area contributed by atoms with Crippen LogP contribution in [-0.2, 0) is 10.2 Å². The van der Waals surface area contributed by atoms with E-state index in [9.17, 15) is 8.42 Å². The average molecular weight is 274 g/mol. The summed E-state index contributed by atoms with van der Waals surface area (Å²) >= 11 is 0. The van der Waals surface area contributed by atoms with Gasteiger partial charge in [0.2, 0.25) is 0 Å². The summed E-state index contributed by atoms with van der Waals surface area (Å²) in [4.78, 5) is 0. The first-order chi connectivity index (χ1) is 8.62. The first kappa shape index (κ1) is 14.3. The SMILES string of the molecule is CN(C1CCCCC1)S(=O)(=O)N1CCCCCC1. The maximum absolute atomic E-state index is 12.6. The molecule has 2 fully saturated rings. The lowest BCUT2D eigenvalue weighted by Crippen LogP contribution is -2.47. The molecule has 1 saturated carbocycles. The molecule has 4 nitrogen and oxygen atoms in total. The van der Waals surface area contributed by atoms with Crippen molar-refractivity contribution in [2.45, 2.75) is 63.8 Å². The molecule has 1 aliphatic carbocycles. The second-order valence-corrected chi connectivity index (χ2v) is 7.62. The van der Waals surface area contributed by atoms with Crippen LogP contribution in [0.1, 0.15) is 57.8 Å². The van der Waals surface area contributed by atoms with Gasteiger partial charge in [-0.3, -0.25) is 0 Å². The largest absolute Gasteiger partial charge is 0.281 e. The van der Waals surface area contributed by atoms with E-state index >= 15 is 0 Å². The van der Waals surface area contributed by atoms with Crippen molar-refractivity contribution in [1.82, 2.24) is 8.61 Å². The topological polar surface area (TPSA) is 40.6 Å². The minimum Gasteiger partial charge on any atom is -0.195 e. The minimum absolute atomic E-state index is 0.229. The number of hydrogen-bond acceptors (Lipinski definition) is 2. The van der Waals surface area contributed by atoms with Gasteiger partial charge >= 0.3 is 0 Å². The lowest BCUT2D eigenvalue weighted by molar-refractivity contribution is 0.263. The van der Waals surface area contributed by atoms with Crippen LogP contribution < -0.4 is 0 Å². The van der Waals surface area contributed by atoms with Crippen LogP contribution in [-0.4, -0.2) is 43.2 Å². The van der Waals surface area contributed by atoms with Crippen LogP contribution in [0.15, 0.2) is 0 Å². The average Bonchev–Trinajstić information content (AvgIpc) is 2.68. The van der Waals surface area contributed by atoms with E-state index in [0.29, 0.717) is 13.1 Å². The van der Waals surface area contributed by atoms with Gasteiger partial charge in [0.1, 0.15) is 0 Å². The van der Waals surface area contributed by atoms with Gasteiger partial charge in [0, 0.05) is 26.2 Å². The number of hydrogen-bond donors (Lipinski definition) is 0. The van der Waals surface area contributed by atoms with Crippen molar-refractivity contribution >= 4 is 10.2 Å². The lowest BCUT2D eigenvalue weighted by Gasteiger charge is -2.34. The summed E-state index contributed by atoms with van der Waals surface area (Å²) in [5.74, 6) is 0. The van der Waals surface area contributed by atoms with Gasteiger partial charge in [-0.25, -0.2) is 0 Å². The molecule has 0 amide bonds. The Balaban J connectivity index is 2.03. The molecule has 18 heavy (non-hydrogen) atoms. The van der Waals surface area contributed by atoms with Crippen LogP contribution in [0, 0.1) is 0 Å². The highest BCUT2D eigenvalue weighted by Crippen LogP contribution is 2.25. The zero-order valence-corrected chi connectivity index (χ0v) is 12.3. The molecule has 0 spiro atoms. The molecular weight excluding hydrogens is 248 g/mol. The predicted octanol–water partition coefficient (Wildman–Crippen LogP) is 2.37. The van der Waals surface area contributed by atoms with Gasteiger partial charge in [-0.15, -0.1) is 0 Å². The summed E-state index contributed by atoms with van der Waals surface area (Å²) in [5.41, 5.74) is 0. The van der Waals surface area contributed by atoms with Crippen LogP contribution in [0.2, 0.25) is 0 Å². The lowest BCUT2D eigenvalue weighted by atomic mass is 9.96. The summed E-state index contributed by atoms with van der Waals surface area (Å²) in [6.45, 7) is 1.42. The van der Waals surface area contributed by atoms with Gasteiger partial charge in [-0.2, -0.15) is 17.0 Å². The van der Waals surface area contributed by atoms with Crippen molar-refractivity contribution in [2.75, 3.05) is 20.1 Å². The summed E-state index contributed by atoms with van der Waals surface area (Å²) in [7, 11) is -1.44. The summed E-state index contributed by atoms with van der Waals surface area (Å²) in [5, 5.41) is 0. The molecule has 0 N–H and O–H groups in total. The molecule has 0 aromatic heterocycles. The van der Waals surface area contributed by atoms with Crippen LogP contribution in [0.25, 0.3) is 0 Å². The van der Waals surface area contributed by atoms with Crippen molar-refractivity contribution < 1.29 is 8.42 Å². The smallest absolute Gasteiger partial charge is 0.195 e. The van der Waals surface area contributed by atoms with Gasteiger partial charge in [-0.1, -0.05) is 32.1 Å². The van der Waals surface area contributed by atoms with Gasteiger partial charge < -0.3 is 0 Å². The highest BCUT2D eigenvalue weighted by Gasteiger charge is 2.32. The highest BCUT2D eigenvalue weighted by atomic mass is 32.2. The predicted molar refractivity (Wildman–Crippen MR) is 73.6 cm³/mol. The van der Waals surface area contributed by atoms with E-state index < -0.39 is 10.2 Å². The fraction of sp³-hybridized carbons (Fsp3) is 1.00. The van der Waals surface area contributed by atoms with E-state index in [1.807, 2.05) is 0 Å². The third-order valence-electron chi connectivity index (χ3n) is 4.34. The highest BCUT2D eigenvalue weighted by molar-refractivity contribution is 7.86. The van der Waals surface area contributed by atoms with Crippen LogP contribution in [0.3, 0.4) is 0 Å². The molecule has 0 radical (unpaired) electrons. The Labute approximate surface area is 112 Å². The summed E-state index contributed by atoms with van der Waals surface area (Å²) < 4.78 is 28.5. The molecule has 2 rings (SSSR count). The molecule has 106 valence electrons. The van der Waals surface area contributed by atoms with Crippen LogP contribution in [0.5, 0.6) is 0 Å². The molecule has 0 bridgehead atoms.